The summed E-state index contributed by atoms with van der Waals surface area (Å²) in [4.78, 5) is 11.8. The van der Waals surface area contributed by atoms with Gasteiger partial charge < -0.3 is 9.47 Å². The molecule has 0 atom stereocenters. The van der Waals surface area contributed by atoms with Crippen LogP contribution in [0, 0.1) is 12.8 Å². The minimum Gasteiger partial charge on any atom is -0.489 e. The Hall–Kier alpha value is -1.81. The van der Waals surface area contributed by atoms with Crippen LogP contribution in [0.25, 0.3) is 10.4 Å². The lowest BCUT2D eigenvalue weighted by atomic mass is 10.1. The molecule has 0 aliphatic rings. The first-order valence-corrected chi connectivity index (χ1v) is 7.40. The average Bonchev–Trinajstić information content (AvgIpc) is 2.84. The van der Waals surface area contributed by atoms with E-state index >= 15 is 0 Å². The summed E-state index contributed by atoms with van der Waals surface area (Å²) in [6.07, 6.45) is 0. The molecule has 1 heterocycles. The summed E-state index contributed by atoms with van der Waals surface area (Å²) in [5.41, 5.74) is 2.25. The zero-order chi connectivity index (χ0) is 14.5. The molecule has 0 bridgehead atoms. The van der Waals surface area contributed by atoms with Crippen LogP contribution in [0.15, 0.2) is 29.6 Å². The number of carbonyl (C=O) groups is 1. The number of rotatable bonds is 6. The van der Waals surface area contributed by atoms with Crippen LogP contribution in [-0.4, -0.2) is 13.1 Å². The van der Waals surface area contributed by atoms with Crippen molar-refractivity contribution in [2.45, 2.75) is 20.8 Å². The molecular weight excluding hydrogens is 272 g/mol. The Balaban J connectivity index is 2.29. The highest BCUT2D eigenvalue weighted by Gasteiger charge is 2.10. The normalized spacial score (nSPS) is 10.6. The van der Waals surface area contributed by atoms with Gasteiger partial charge >= 0.3 is 0 Å². The van der Waals surface area contributed by atoms with Crippen molar-refractivity contribution < 1.29 is 14.3 Å². The van der Waals surface area contributed by atoms with E-state index in [-0.39, 0.29) is 0 Å². The highest BCUT2D eigenvalue weighted by Crippen LogP contribution is 2.35. The zero-order valence-corrected chi connectivity index (χ0v) is 12.7. The molecule has 0 fully saturated rings. The van der Waals surface area contributed by atoms with Gasteiger partial charge in [0, 0.05) is 4.88 Å². The highest BCUT2D eigenvalue weighted by molar-refractivity contribution is 7.13. The third-order valence-electron chi connectivity index (χ3n) is 2.71. The molecule has 0 saturated carbocycles. The van der Waals surface area contributed by atoms with E-state index in [1.165, 1.54) is 5.56 Å². The maximum absolute atomic E-state index is 10.6. The van der Waals surface area contributed by atoms with E-state index in [9.17, 15) is 4.79 Å². The molecule has 0 aliphatic heterocycles. The second-order valence-electron chi connectivity index (χ2n) is 5.07. The maximum atomic E-state index is 10.6. The summed E-state index contributed by atoms with van der Waals surface area (Å²) in [5, 5.41) is 2.10. The molecule has 0 aliphatic carbocycles. The van der Waals surface area contributed by atoms with Gasteiger partial charge in [0.05, 0.1) is 6.61 Å². The summed E-state index contributed by atoms with van der Waals surface area (Å²) in [5.74, 6) is 1.48. The fourth-order valence-electron chi connectivity index (χ4n) is 1.76. The number of hydrogen-bond donors (Lipinski definition) is 0. The van der Waals surface area contributed by atoms with Crippen LogP contribution in [0.5, 0.6) is 11.5 Å². The van der Waals surface area contributed by atoms with Crippen LogP contribution in [0.4, 0.5) is 0 Å². The second kappa shape index (κ2) is 6.57. The standard InChI is InChI=1S/C16H18O3S/c1-11(2)8-18-14-5-4-13(7-15(14)19-10-17)16-6-12(3)9-20-16/h4-7,9-11H,8H2,1-3H3. The first kappa shape index (κ1) is 14.6. The number of benzene rings is 1. The lowest BCUT2D eigenvalue weighted by Gasteiger charge is -2.12. The highest BCUT2D eigenvalue weighted by atomic mass is 32.1. The SMILES string of the molecule is Cc1csc(-c2ccc(OCC(C)C)c(OC=O)c2)c1. The van der Waals surface area contributed by atoms with E-state index in [0.717, 1.165) is 10.4 Å². The van der Waals surface area contributed by atoms with E-state index in [1.54, 1.807) is 11.3 Å². The fraction of sp³-hybridized carbons (Fsp3) is 0.312. The molecule has 0 spiro atoms. The Morgan fingerprint density at radius 3 is 2.65 bits per heavy atom. The first-order chi connectivity index (χ1) is 9.60. The average molecular weight is 290 g/mol. The molecule has 0 saturated heterocycles. The number of carbonyl (C=O) groups excluding carboxylic acids is 1. The smallest absolute Gasteiger partial charge is 0.298 e. The molecule has 4 heteroatoms. The van der Waals surface area contributed by atoms with Gasteiger partial charge in [0.15, 0.2) is 11.5 Å². The van der Waals surface area contributed by atoms with Gasteiger partial charge in [-0.1, -0.05) is 13.8 Å². The van der Waals surface area contributed by atoms with Crippen molar-refractivity contribution in [1.29, 1.82) is 0 Å². The van der Waals surface area contributed by atoms with Gasteiger partial charge in [-0.15, -0.1) is 11.3 Å². The summed E-state index contributed by atoms with van der Waals surface area (Å²) >= 11 is 1.67. The van der Waals surface area contributed by atoms with E-state index in [0.29, 0.717) is 30.5 Å². The molecule has 20 heavy (non-hydrogen) atoms. The Labute approximate surface area is 123 Å². The first-order valence-electron chi connectivity index (χ1n) is 6.53. The predicted octanol–water partition coefficient (Wildman–Crippen LogP) is 4.29. The monoisotopic (exact) mass is 290 g/mol. The molecule has 2 rings (SSSR count). The van der Waals surface area contributed by atoms with Gasteiger partial charge in [-0.05, 0) is 53.6 Å². The van der Waals surface area contributed by atoms with E-state index in [4.69, 9.17) is 9.47 Å². The summed E-state index contributed by atoms with van der Waals surface area (Å²) in [7, 11) is 0. The van der Waals surface area contributed by atoms with Crippen LogP contribution in [-0.2, 0) is 4.79 Å². The van der Waals surface area contributed by atoms with Gasteiger partial charge in [-0.25, -0.2) is 0 Å². The van der Waals surface area contributed by atoms with Crippen molar-refractivity contribution in [3.8, 4) is 21.9 Å². The molecule has 0 amide bonds. The molecule has 0 radical (unpaired) electrons. The van der Waals surface area contributed by atoms with Crippen LogP contribution in [0.3, 0.4) is 0 Å². The Bertz CT molecular complexity index is 587. The molecule has 3 nitrogen and oxygen atoms in total. The molecule has 2 aromatic rings. The molecular formula is C16H18O3S. The van der Waals surface area contributed by atoms with Crippen molar-refractivity contribution in [2.24, 2.45) is 5.92 Å². The van der Waals surface area contributed by atoms with Gasteiger partial charge in [0.1, 0.15) is 0 Å². The minimum atomic E-state index is 0.415. The van der Waals surface area contributed by atoms with Crippen LogP contribution >= 0.6 is 11.3 Å². The summed E-state index contributed by atoms with van der Waals surface area (Å²) in [6, 6.07) is 7.79. The Morgan fingerprint density at radius 2 is 2.05 bits per heavy atom. The van der Waals surface area contributed by atoms with Crippen molar-refractivity contribution >= 4 is 17.8 Å². The Morgan fingerprint density at radius 1 is 1.25 bits per heavy atom. The van der Waals surface area contributed by atoms with Crippen LogP contribution in [0.1, 0.15) is 19.4 Å². The summed E-state index contributed by atoms with van der Waals surface area (Å²) < 4.78 is 10.7. The number of hydrogen-bond acceptors (Lipinski definition) is 4. The van der Waals surface area contributed by atoms with E-state index in [1.807, 2.05) is 18.2 Å². The molecule has 1 aromatic heterocycles. The molecule has 0 N–H and O–H groups in total. The van der Waals surface area contributed by atoms with Crippen molar-refractivity contribution in [1.82, 2.24) is 0 Å². The number of ether oxygens (including phenoxy) is 2. The molecule has 106 valence electrons. The minimum absolute atomic E-state index is 0.415. The van der Waals surface area contributed by atoms with Gasteiger partial charge in [-0.2, -0.15) is 0 Å². The third-order valence-corrected chi connectivity index (χ3v) is 3.80. The van der Waals surface area contributed by atoms with E-state index < -0.39 is 0 Å². The summed E-state index contributed by atoms with van der Waals surface area (Å²) in [6.45, 7) is 7.22. The Kier molecular flexibility index (Phi) is 4.79. The number of aryl methyl sites for hydroxylation is 1. The van der Waals surface area contributed by atoms with Gasteiger partial charge in [0.2, 0.25) is 0 Å². The molecule has 1 aromatic carbocycles. The zero-order valence-electron chi connectivity index (χ0n) is 11.9. The van der Waals surface area contributed by atoms with Gasteiger partial charge in [0.25, 0.3) is 6.47 Å². The van der Waals surface area contributed by atoms with Crippen molar-refractivity contribution in [3.05, 3.63) is 35.2 Å². The van der Waals surface area contributed by atoms with Crippen LogP contribution < -0.4 is 9.47 Å². The van der Waals surface area contributed by atoms with Crippen LogP contribution in [0.2, 0.25) is 0 Å². The third kappa shape index (κ3) is 3.61. The van der Waals surface area contributed by atoms with E-state index in [2.05, 4.69) is 32.2 Å². The quantitative estimate of drug-likeness (QED) is 0.744. The topological polar surface area (TPSA) is 35.5 Å². The number of thiophene rings is 1. The fourth-order valence-corrected chi connectivity index (χ4v) is 2.66. The molecule has 0 unspecified atom stereocenters. The largest absolute Gasteiger partial charge is 0.489 e. The van der Waals surface area contributed by atoms with Gasteiger partial charge in [-0.3, -0.25) is 4.79 Å². The second-order valence-corrected chi connectivity index (χ2v) is 5.98. The van der Waals surface area contributed by atoms with Crippen molar-refractivity contribution in [3.63, 3.8) is 0 Å². The predicted molar refractivity (Wildman–Crippen MR) is 81.5 cm³/mol. The lowest BCUT2D eigenvalue weighted by molar-refractivity contribution is -0.120. The lowest BCUT2D eigenvalue weighted by Crippen LogP contribution is -2.05. The maximum Gasteiger partial charge on any atom is 0.298 e. The van der Waals surface area contributed by atoms with Crippen molar-refractivity contribution in [2.75, 3.05) is 6.61 Å².